The van der Waals surface area contributed by atoms with Crippen LogP contribution in [-0.4, -0.2) is 45.9 Å². The van der Waals surface area contributed by atoms with Gasteiger partial charge in [0.2, 0.25) is 26.0 Å². The smallest absolute Gasteiger partial charge is 0.238 e. The summed E-state index contributed by atoms with van der Waals surface area (Å²) in [4.78, 5) is 12.2. The second kappa shape index (κ2) is 7.81. The first kappa shape index (κ1) is 19.8. The van der Waals surface area contributed by atoms with Crippen LogP contribution in [0.2, 0.25) is 0 Å². The van der Waals surface area contributed by atoms with Crippen molar-refractivity contribution in [3.8, 4) is 0 Å². The van der Waals surface area contributed by atoms with E-state index in [2.05, 4.69) is 5.32 Å². The molecule has 1 aromatic rings. The number of carbonyl (C=O) groups is 1. The van der Waals surface area contributed by atoms with Crippen molar-refractivity contribution < 1.29 is 21.6 Å². The van der Waals surface area contributed by atoms with Gasteiger partial charge in [-0.2, -0.15) is 0 Å². The summed E-state index contributed by atoms with van der Waals surface area (Å²) in [5.41, 5.74) is 0.756. The van der Waals surface area contributed by atoms with E-state index in [4.69, 9.17) is 5.14 Å². The van der Waals surface area contributed by atoms with E-state index in [1.54, 1.807) is 19.1 Å². The highest BCUT2D eigenvalue weighted by molar-refractivity contribution is 7.89. The first-order valence-corrected chi connectivity index (χ1v) is 11.2. The van der Waals surface area contributed by atoms with Gasteiger partial charge in [-0.15, -0.1) is 0 Å². The Labute approximate surface area is 148 Å². The Balaban J connectivity index is 1.85. The maximum Gasteiger partial charge on any atom is 0.238 e. The van der Waals surface area contributed by atoms with Crippen molar-refractivity contribution in [1.29, 1.82) is 0 Å². The minimum Gasteiger partial charge on any atom is -0.352 e. The second-order valence-electron chi connectivity index (χ2n) is 5.98. The van der Waals surface area contributed by atoms with Crippen molar-refractivity contribution in [2.75, 3.05) is 18.8 Å². The topological polar surface area (TPSA) is 127 Å². The summed E-state index contributed by atoms with van der Waals surface area (Å²) < 4.78 is 47.5. The van der Waals surface area contributed by atoms with Crippen LogP contribution in [0.3, 0.4) is 0 Å². The lowest BCUT2D eigenvalue weighted by atomic mass is 9.97. The van der Waals surface area contributed by atoms with Crippen molar-refractivity contribution >= 4 is 26.0 Å². The van der Waals surface area contributed by atoms with Crippen LogP contribution in [0.1, 0.15) is 25.3 Å². The van der Waals surface area contributed by atoms with Gasteiger partial charge in [-0.05, 0) is 37.5 Å². The summed E-state index contributed by atoms with van der Waals surface area (Å²) in [5.74, 6) is -0.269. The molecular weight excluding hydrogens is 366 g/mol. The third-order valence-electron chi connectivity index (χ3n) is 4.30. The minimum atomic E-state index is -3.73. The summed E-state index contributed by atoms with van der Waals surface area (Å²) >= 11 is 0. The van der Waals surface area contributed by atoms with Gasteiger partial charge in [0.1, 0.15) is 0 Å². The Morgan fingerprint density at radius 3 is 2.20 bits per heavy atom. The van der Waals surface area contributed by atoms with Crippen molar-refractivity contribution in [1.82, 2.24) is 9.62 Å². The molecule has 1 aliphatic rings. The molecule has 25 heavy (non-hydrogen) atoms. The maximum absolute atomic E-state index is 12.2. The molecule has 1 aromatic carbocycles. The summed E-state index contributed by atoms with van der Waals surface area (Å²) in [7, 11) is -6.93. The Kier molecular flexibility index (Phi) is 6.20. The van der Waals surface area contributed by atoms with Gasteiger partial charge in [-0.1, -0.05) is 12.1 Å². The molecule has 2 rings (SSSR count). The van der Waals surface area contributed by atoms with Crippen LogP contribution < -0.4 is 10.5 Å². The molecule has 0 aromatic heterocycles. The third kappa shape index (κ3) is 5.24. The zero-order valence-corrected chi connectivity index (χ0v) is 15.6. The molecule has 10 heteroatoms. The fourth-order valence-electron chi connectivity index (χ4n) is 2.71. The van der Waals surface area contributed by atoms with E-state index in [9.17, 15) is 21.6 Å². The standard InChI is InChI=1S/C15H23N3O5S2/c1-2-24(20,21)18-9-7-13(8-10-18)15(19)17-11-12-3-5-14(6-4-12)25(16,22)23/h3-6,13H,2,7-11H2,1H3,(H,17,19)(H2,16,22,23). The molecule has 1 saturated heterocycles. The van der Waals surface area contributed by atoms with Crippen molar-refractivity contribution in [2.24, 2.45) is 11.1 Å². The van der Waals surface area contributed by atoms with E-state index in [0.29, 0.717) is 25.9 Å². The molecule has 0 radical (unpaired) electrons. The van der Waals surface area contributed by atoms with E-state index in [-0.39, 0.29) is 29.0 Å². The number of nitrogens with zero attached hydrogens (tertiary/aromatic N) is 1. The molecule has 0 atom stereocenters. The number of nitrogens with one attached hydrogen (secondary N) is 1. The van der Waals surface area contributed by atoms with Crippen LogP contribution in [-0.2, 0) is 31.4 Å². The van der Waals surface area contributed by atoms with Gasteiger partial charge in [0, 0.05) is 25.6 Å². The zero-order valence-electron chi connectivity index (χ0n) is 14.0. The molecule has 0 aliphatic carbocycles. The fraction of sp³-hybridized carbons (Fsp3) is 0.533. The number of rotatable bonds is 6. The van der Waals surface area contributed by atoms with E-state index in [1.165, 1.54) is 16.4 Å². The van der Waals surface area contributed by atoms with Gasteiger partial charge in [0.25, 0.3) is 0 Å². The highest BCUT2D eigenvalue weighted by Crippen LogP contribution is 2.20. The van der Waals surface area contributed by atoms with Crippen molar-refractivity contribution in [3.63, 3.8) is 0 Å². The van der Waals surface area contributed by atoms with Gasteiger partial charge in [0.05, 0.1) is 10.6 Å². The first-order valence-electron chi connectivity index (χ1n) is 8.01. The van der Waals surface area contributed by atoms with Crippen LogP contribution in [0.4, 0.5) is 0 Å². The molecule has 1 amide bonds. The number of sulfonamides is 2. The molecule has 0 saturated carbocycles. The molecule has 140 valence electrons. The van der Waals surface area contributed by atoms with Crippen LogP contribution in [0, 0.1) is 5.92 Å². The molecule has 1 fully saturated rings. The normalized spacial score (nSPS) is 17.4. The number of carbonyl (C=O) groups excluding carboxylic acids is 1. The van der Waals surface area contributed by atoms with Gasteiger partial charge in [-0.25, -0.2) is 26.3 Å². The lowest BCUT2D eigenvalue weighted by Crippen LogP contribution is -2.43. The number of primary sulfonamides is 1. The largest absolute Gasteiger partial charge is 0.352 e. The third-order valence-corrected chi connectivity index (χ3v) is 7.11. The number of hydrogen-bond donors (Lipinski definition) is 2. The second-order valence-corrected chi connectivity index (χ2v) is 9.80. The quantitative estimate of drug-likeness (QED) is 0.709. The van der Waals surface area contributed by atoms with Crippen LogP contribution in [0.25, 0.3) is 0 Å². The van der Waals surface area contributed by atoms with Crippen LogP contribution >= 0.6 is 0 Å². The molecule has 8 nitrogen and oxygen atoms in total. The number of benzene rings is 1. The van der Waals surface area contributed by atoms with Gasteiger partial charge in [-0.3, -0.25) is 4.79 Å². The predicted molar refractivity (Wildman–Crippen MR) is 93.4 cm³/mol. The summed E-state index contributed by atoms with van der Waals surface area (Å²) in [6.45, 7) is 2.60. The molecule has 1 heterocycles. The average molecular weight is 389 g/mol. The van der Waals surface area contributed by atoms with Gasteiger partial charge < -0.3 is 5.32 Å². The van der Waals surface area contributed by atoms with Crippen LogP contribution in [0.15, 0.2) is 29.2 Å². The van der Waals surface area contributed by atoms with E-state index in [0.717, 1.165) is 5.56 Å². The monoisotopic (exact) mass is 389 g/mol. The summed E-state index contributed by atoms with van der Waals surface area (Å²) in [5, 5.41) is 7.84. The minimum absolute atomic E-state index is 0.0204. The highest BCUT2D eigenvalue weighted by Gasteiger charge is 2.29. The SMILES string of the molecule is CCS(=O)(=O)N1CCC(C(=O)NCc2ccc(S(N)(=O)=O)cc2)CC1. The van der Waals surface area contributed by atoms with E-state index in [1.807, 2.05) is 0 Å². The maximum atomic E-state index is 12.2. The Morgan fingerprint density at radius 2 is 1.72 bits per heavy atom. The molecular formula is C15H23N3O5S2. The average Bonchev–Trinajstić information content (AvgIpc) is 2.59. The highest BCUT2D eigenvalue weighted by atomic mass is 32.2. The Hall–Kier alpha value is -1.49. The molecule has 0 spiro atoms. The number of piperidine rings is 1. The number of amides is 1. The Bertz CT molecular complexity index is 811. The predicted octanol–water partition coefficient (Wildman–Crippen LogP) is 0.0119. The van der Waals surface area contributed by atoms with E-state index < -0.39 is 20.0 Å². The van der Waals surface area contributed by atoms with Gasteiger partial charge in [0.15, 0.2) is 0 Å². The Morgan fingerprint density at radius 1 is 1.16 bits per heavy atom. The molecule has 0 bridgehead atoms. The van der Waals surface area contributed by atoms with Crippen molar-refractivity contribution in [2.45, 2.75) is 31.2 Å². The fourth-order valence-corrected chi connectivity index (χ4v) is 4.36. The summed E-state index contributed by atoms with van der Waals surface area (Å²) in [6.07, 6.45) is 0.991. The summed E-state index contributed by atoms with van der Waals surface area (Å²) in [6, 6.07) is 5.97. The molecule has 1 aliphatic heterocycles. The lowest BCUT2D eigenvalue weighted by molar-refractivity contribution is -0.126. The van der Waals surface area contributed by atoms with Crippen LogP contribution in [0.5, 0.6) is 0 Å². The lowest BCUT2D eigenvalue weighted by Gasteiger charge is -2.30. The number of nitrogens with two attached hydrogens (primary N) is 1. The van der Waals surface area contributed by atoms with E-state index >= 15 is 0 Å². The number of hydrogen-bond acceptors (Lipinski definition) is 5. The van der Waals surface area contributed by atoms with Gasteiger partial charge >= 0.3 is 0 Å². The first-order chi connectivity index (χ1) is 11.6. The molecule has 0 unspecified atom stereocenters. The zero-order chi connectivity index (χ0) is 18.7. The van der Waals surface area contributed by atoms with Crippen molar-refractivity contribution in [3.05, 3.63) is 29.8 Å². The molecule has 3 N–H and O–H groups in total.